The molecule has 25 heavy (non-hydrogen) atoms. The summed E-state index contributed by atoms with van der Waals surface area (Å²) in [6.45, 7) is 7.60. The highest BCUT2D eigenvalue weighted by Gasteiger charge is 2.45. The molecule has 0 N–H and O–H groups in total. The van der Waals surface area contributed by atoms with Crippen molar-refractivity contribution in [2.45, 2.75) is 46.0 Å². The highest BCUT2D eigenvalue weighted by molar-refractivity contribution is 5.80. The van der Waals surface area contributed by atoms with Crippen molar-refractivity contribution in [3.63, 3.8) is 0 Å². The Morgan fingerprint density at radius 1 is 1.28 bits per heavy atom. The van der Waals surface area contributed by atoms with Crippen molar-refractivity contribution in [2.24, 2.45) is 11.3 Å². The van der Waals surface area contributed by atoms with Crippen molar-refractivity contribution in [2.75, 3.05) is 26.2 Å². The first-order valence-corrected chi connectivity index (χ1v) is 9.43. The van der Waals surface area contributed by atoms with Gasteiger partial charge in [0.05, 0.1) is 0 Å². The molecule has 5 heteroatoms. The van der Waals surface area contributed by atoms with E-state index in [1.807, 2.05) is 28.0 Å². The Hall–Kier alpha value is -1.91. The van der Waals surface area contributed by atoms with Crippen molar-refractivity contribution < 1.29 is 9.59 Å². The standard InChI is InChI=1S/C20H29N3O2/c1-16(2)14-23-15-20(13-19(23)25)8-11-22(12-9-20)18(24)7-6-17-5-3-4-10-21-17/h3-5,10,16H,6-9,11-15H2,1-2H3. The summed E-state index contributed by atoms with van der Waals surface area (Å²) in [5.74, 6) is 1.01. The van der Waals surface area contributed by atoms with Gasteiger partial charge in [-0.25, -0.2) is 0 Å². The summed E-state index contributed by atoms with van der Waals surface area (Å²) < 4.78 is 0. The van der Waals surface area contributed by atoms with Gasteiger partial charge in [-0.2, -0.15) is 0 Å². The molecule has 0 radical (unpaired) electrons. The fraction of sp³-hybridized carbons (Fsp3) is 0.650. The number of piperidine rings is 1. The molecule has 3 heterocycles. The van der Waals surface area contributed by atoms with E-state index in [4.69, 9.17) is 0 Å². The molecule has 136 valence electrons. The average molecular weight is 343 g/mol. The third-order valence-corrected chi connectivity index (χ3v) is 5.49. The predicted molar refractivity (Wildman–Crippen MR) is 96.8 cm³/mol. The van der Waals surface area contributed by atoms with Gasteiger partial charge in [0, 0.05) is 56.3 Å². The van der Waals surface area contributed by atoms with E-state index in [0.29, 0.717) is 31.1 Å². The van der Waals surface area contributed by atoms with Crippen molar-refractivity contribution >= 4 is 11.8 Å². The molecular formula is C20H29N3O2. The lowest BCUT2D eigenvalue weighted by atomic mass is 9.77. The first-order valence-electron chi connectivity index (χ1n) is 9.43. The molecule has 1 aromatic heterocycles. The highest BCUT2D eigenvalue weighted by Crippen LogP contribution is 2.41. The zero-order valence-electron chi connectivity index (χ0n) is 15.4. The maximum absolute atomic E-state index is 12.5. The molecule has 0 atom stereocenters. The minimum atomic E-state index is 0.101. The van der Waals surface area contributed by atoms with E-state index in [9.17, 15) is 9.59 Å². The average Bonchev–Trinajstić information content (AvgIpc) is 2.88. The minimum Gasteiger partial charge on any atom is -0.343 e. The molecular weight excluding hydrogens is 314 g/mol. The normalized spacial score (nSPS) is 19.9. The number of pyridine rings is 1. The zero-order chi connectivity index (χ0) is 17.9. The fourth-order valence-corrected chi connectivity index (χ4v) is 4.09. The third kappa shape index (κ3) is 4.39. The molecule has 2 fully saturated rings. The lowest BCUT2D eigenvalue weighted by molar-refractivity contribution is -0.133. The minimum absolute atomic E-state index is 0.101. The summed E-state index contributed by atoms with van der Waals surface area (Å²) >= 11 is 0. The lowest BCUT2D eigenvalue weighted by Crippen LogP contribution is -2.44. The first kappa shape index (κ1) is 17.9. The summed E-state index contributed by atoms with van der Waals surface area (Å²) in [5, 5.41) is 0. The van der Waals surface area contributed by atoms with Crippen molar-refractivity contribution in [1.82, 2.24) is 14.8 Å². The number of carbonyl (C=O) groups is 2. The van der Waals surface area contributed by atoms with Crippen LogP contribution in [0.5, 0.6) is 0 Å². The Kier molecular flexibility index (Phi) is 5.40. The van der Waals surface area contributed by atoms with Gasteiger partial charge in [0.1, 0.15) is 0 Å². The van der Waals surface area contributed by atoms with E-state index in [1.54, 1.807) is 6.20 Å². The van der Waals surface area contributed by atoms with Crippen LogP contribution in [0.2, 0.25) is 0 Å². The van der Waals surface area contributed by atoms with E-state index >= 15 is 0 Å². The van der Waals surface area contributed by atoms with Crippen LogP contribution in [0.25, 0.3) is 0 Å². The number of aromatic nitrogens is 1. The van der Waals surface area contributed by atoms with E-state index in [2.05, 4.69) is 18.8 Å². The van der Waals surface area contributed by atoms with Crippen LogP contribution in [0, 0.1) is 11.3 Å². The molecule has 3 rings (SSSR count). The van der Waals surface area contributed by atoms with Gasteiger partial charge >= 0.3 is 0 Å². The molecule has 2 saturated heterocycles. The molecule has 1 aromatic rings. The monoisotopic (exact) mass is 343 g/mol. The summed E-state index contributed by atoms with van der Waals surface area (Å²) in [4.78, 5) is 33.1. The second-order valence-corrected chi connectivity index (χ2v) is 8.05. The van der Waals surface area contributed by atoms with Gasteiger partial charge in [0.25, 0.3) is 0 Å². The first-order chi connectivity index (χ1) is 12.0. The van der Waals surface area contributed by atoms with Gasteiger partial charge in [0.2, 0.25) is 11.8 Å². The number of amides is 2. The van der Waals surface area contributed by atoms with Crippen LogP contribution in [0.1, 0.15) is 45.2 Å². The molecule has 2 aliphatic rings. The van der Waals surface area contributed by atoms with Crippen LogP contribution in [-0.4, -0.2) is 52.8 Å². The Labute approximate surface area is 150 Å². The number of nitrogens with zero attached hydrogens (tertiary/aromatic N) is 3. The van der Waals surface area contributed by atoms with Gasteiger partial charge in [-0.1, -0.05) is 19.9 Å². The number of carbonyl (C=O) groups excluding carboxylic acids is 2. The van der Waals surface area contributed by atoms with Crippen LogP contribution in [0.4, 0.5) is 0 Å². The summed E-state index contributed by atoms with van der Waals surface area (Å²) in [7, 11) is 0. The second kappa shape index (κ2) is 7.54. The second-order valence-electron chi connectivity index (χ2n) is 8.05. The molecule has 5 nitrogen and oxygen atoms in total. The molecule has 0 bridgehead atoms. The number of rotatable bonds is 5. The topological polar surface area (TPSA) is 53.5 Å². The maximum atomic E-state index is 12.5. The van der Waals surface area contributed by atoms with Gasteiger partial charge < -0.3 is 9.80 Å². The predicted octanol–water partition coefficient (Wildman–Crippen LogP) is 2.51. The Bertz CT molecular complexity index is 607. The Morgan fingerprint density at radius 3 is 2.68 bits per heavy atom. The van der Waals surface area contributed by atoms with Crippen LogP contribution >= 0.6 is 0 Å². The number of hydrogen-bond donors (Lipinski definition) is 0. The third-order valence-electron chi connectivity index (χ3n) is 5.49. The van der Waals surface area contributed by atoms with E-state index in [1.165, 1.54) is 0 Å². The molecule has 0 unspecified atom stereocenters. The number of aryl methyl sites for hydroxylation is 1. The quantitative estimate of drug-likeness (QED) is 0.825. The molecule has 2 aliphatic heterocycles. The van der Waals surface area contributed by atoms with E-state index in [0.717, 1.165) is 44.7 Å². The van der Waals surface area contributed by atoms with Crippen molar-refractivity contribution in [1.29, 1.82) is 0 Å². The van der Waals surface area contributed by atoms with E-state index in [-0.39, 0.29) is 11.3 Å². The van der Waals surface area contributed by atoms with Gasteiger partial charge in [-0.3, -0.25) is 14.6 Å². The maximum Gasteiger partial charge on any atom is 0.223 e. The molecule has 1 spiro atoms. The van der Waals surface area contributed by atoms with Crippen molar-refractivity contribution in [3.05, 3.63) is 30.1 Å². The Balaban J connectivity index is 1.48. The smallest absolute Gasteiger partial charge is 0.223 e. The largest absolute Gasteiger partial charge is 0.343 e. The van der Waals surface area contributed by atoms with Crippen LogP contribution in [0.15, 0.2) is 24.4 Å². The van der Waals surface area contributed by atoms with Crippen LogP contribution in [-0.2, 0) is 16.0 Å². The van der Waals surface area contributed by atoms with Crippen LogP contribution < -0.4 is 0 Å². The SMILES string of the molecule is CC(C)CN1CC2(CCN(C(=O)CCc3ccccn3)CC2)CC1=O. The highest BCUT2D eigenvalue weighted by atomic mass is 16.2. The summed E-state index contributed by atoms with van der Waals surface area (Å²) in [6.07, 6.45) is 5.54. The fourth-order valence-electron chi connectivity index (χ4n) is 4.09. The molecule has 0 saturated carbocycles. The van der Waals surface area contributed by atoms with Gasteiger partial charge in [0.15, 0.2) is 0 Å². The number of likely N-dealkylation sites (tertiary alicyclic amines) is 2. The van der Waals surface area contributed by atoms with Gasteiger partial charge in [-0.15, -0.1) is 0 Å². The van der Waals surface area contributed by atoms with Crippen molar-refractivity contribution in [3.8, 4) is 0 Å². The molecule has 0 aromatic carbocycles. The van der Waals surface area contributed by atoms with E-state index < -0.39 is 0 Å². The Morgan fingerprint density at radius 2 is 2.04 bits per heavy atom. The molecule has 0 aliphatic carbocycles. The lowest BCUT2D eigenvalue weighted by Gasteiger charge is -2.39. The summed E-state index contributed by atoms with van der Waals surface area (Å²) in [6, 6.07) is 5.81. The van der Waals surface area contributed by atoms with Gasteiger partial charge in [-0.05, 0) is 37.3 Å². The number of hydrogen-bond acceptors (Lipinski definition) is 3. The molecule has 2 amide bonds. The summed E-state index contributed by atoms with van der Waals surface area (Å²) in [5.41, 5.74) is 1.07. The zero-order valence-corrected chi connectivity index (χ0v) is 15.4. The van der Waals surface area contributed by atoms with Crippen LogP contribution in [0.3, 0.4) is 0 Å².